The molecule has 202 valence electrons. The first-order valence-corrected chi connectivity index (χ1v) is 13.4. The second kappa shape index (κ2) is 10.7. The molecule has 0 radical (unpaired) electrons. The Bertz CT molecular complexity index is 886. The predicted octanol–water partition coefficient (Wildman–Crippen LogP) is 2.62. The van der Waals surface area contributed by atoms with Gasteiger partial charge >= 0.3 is 0 Å². The lowest BCUT2D eigenvalue weighted by molar-refractivity contribution is -0.158. The van der Waals surface area contributed by atoms with Crippen LogP contribution < -0.4 is 0 Å². The molecule has 3 aliphatic heterocycles. The van der Waals surface area contributed by atoms with Crippen LogP contribution in [0.15, 0.2) is 25.3 Å². The highest BCUT2D eigenvalue weighted by atomic mass is 16.5. The average Bonchev–Trinajstić information content (AvgIpc) is 3.34. The fourth-order valence-corrected chi connectivity index (χ4v) is 6.90. The highest BCUT2D eigenvalue weighted by molar-refractivity contribution is 5.99. The summed E-state index contributed by atoms with van der Waals surface area (Å²) in [7, 11) is 0. The molecule has 1 spiro atoms. The zero-order chi connectivity index (χ0) is 27.0. The van der Waals surface area contributed by atoms with Crippen LogP contribution in [-0.4, -0.2) is 93.1 Å². The number of carbonyl (C=O) groups excluding carboxylic acids is 3. The minimum atomic E-state index is -1.12. The van der Waals surface area contributed by atoms with Crippen LogP contribution in [-0.2, 0) is 19.1 Å². The van der Waals surface area contributed by atoms with Crippen molar-refractivity contribution in [2.45, 2.75) is 90.1 Å². The number of ether oxygens (including phenoxy) is 1. The molecule has 3 rings (SSSR count). The maximum absolute atomic E-state index is 14.3. The molecule has 0 aromatic rings. The summed E-state index contributed by atoms with van der Waals surface area (Å²) in [6.07, 6.45) is 5.16. The zero-order valence-corrected chi connectivity index (χ0v) is 22.9. The van der Waals surface area contributed by atoms with E-state index in [1.165, 1.54) is 0 Å². The highest BCUT2D eigenvalue weighted by Gasteiger charge is 2.80. The Balaban J connectivity index is 2.19. The Morgan fingerprint density at radius 3 is 2.36 bits per heavy atom. The van der Waals surface area contributed by atoms with E-state index in [0.29, 0.717) is 32.5 Å². The van der Waals surface area contributed by atoms with Gasteiger partial charge in [0.2, 0.25) is 17.7 Å². The minimum absolute atomic E-state index is 0.0286. The molecular weight excluding hydrogens is 458 g/mol. The number of aliphatic hydroxyl groups is 1. The van der Waals surface area contributed by atoms with E-state index < -0.39 is 35.1 Å². The second-order valence-electron chi connectivity index (χ2n) is 11.1. The number of amides is 3. The Morgan fingerprint density at radius 1 is 1.22 bits per heavy atom. The van der Waals surface area contributed by atoms with E-state index in [1.54, 1.807) is 26.9 Å². The zero-order valence-electron chi connectivity index (χ0n) is 22.9. The van der Waals surface area contributed by atoms with Gasteiger partial charge in [0.1, 0.15) is 11.6 Å². The molecule has 7 atom stereocenters. The number of aliphatic hydroxyl groups excluding tert-OH is 1. The number of rotatable bonds is 12. The van der Waals surface area contributed by atoms with Crippen molar-refractivity contribution in [2.24, 2.45) is 17.8 Å². The molecule has 0 saturated carbocycles. The van der Waals surface area contributed by atoms with Crippen molar-refractivity contribution < 1.29 is 24.2 Å². The van der Waals surface area contributed by atoms with Crippen LogP contribution in [0.5, 0.6) is 0 Å². The van der Waals surface area contributed by atoms with Crippen molar-refractivity contribution in [2.75, 3.05) is 26.2 Å². The van der Waals surface area contributed by atoms with Crippen LogP contribution in [0.1, 0.15) is 60.8 Å². The lowest BCUT2D eigenvalue weighted by Crippen LogP contribution is -2.59. The van der Waals surface area contributed by atoms with Gasteiger partial charge in [-0.25, -0.2) is 0 Å². The first-order chi connectivity index (χ1) is 17.0. The van der Waals surface area contributed by atoms with Gasteiger partial charge < -0.3 is 24.5 Å². The molecule has 3 unspecified atom stereocenters. The van der Waals surface area contributed by atoms with Gasteiger partial charge in [0.05, 0.1) is 30.1 Å². The van der Waals surface area contributed by atoms with E-state index in [4.69, 9.17) is 4.74 Å². The van der Waals surface area contributed by atoms with Gasteiger partial charge in [-0.1, -0.05) is 32.9 Å². The van der Waals surface area contributed by atoms with Crippen molar-refractivity contribution >= 4 is 17.7 Å². The Morgan fingerprint density at radius 2 is 1.86 bits per heavy atom. The van der Waals surface area contributed by atoms with Crippen molar-refractivity contribution in [3.63, 3.8) is 0 Å². The maximum atomic E-state index is 14.3. The van der Waals surface area contributed by atoms with Crippen LogP contribution >= 0.6 is 0 Å². The summed E-state index contributed by atoms with van der Waals surface area (Å²) >= 11 is 0. The molecule has 0 aromatic carbocycles. The second-order valence-corrected chi connectivity index (χ2v) is 11.1. The molecule has 1 N–H and O–H groups in total. The van der Waals surface area contributed by atoms with Crippen molar-refractivity contribution in [3.05, 3.63) is 25.3 Å². The number of hydrogen-bond donors (Lipinski definition) is 1. The van der Waals surface area contributed by atoms with Crippen LogP contribution in [0, 0.1) is 17.8 Å². The van der Waals surface area contributed by atoms with Crippen molar-refractivity contribution in [1.82, 2.24) is 14.7 Å². The summed E-state index contributed by atoms with van der Waals surface area (Å²) in [5.74, 6) is -2.11. The Kier molecular flexibility index (Phi) is 8.40. The monoisotopic (exact) mass is 503 g/mol. The van der Waals surface area contributed by atoms with Crippen LogP contribution in [0.3, 0.4) is 0 Å². The van der Waals surface area contributed by atoms with Crippen molar-refractivity contribution in [1.29, 1.82) is 0 Å². The molecule has 3 fully saturated rings. The molecule has 8 nitrogen and oxygen atoms in total. The normalized spacial score (nSPS) is 33.6. The fraction of sp³-hybridized carbons (Fsp3) is 0.750. The summed E-state index contributed by atoms with van der Waals surface area (Å²) in [4.78, 5) is 47.6. The Hall–Kier alpha value is -2.19. The molecule has 36 heavy (non-hydrogen) atoms. The number of hydrogen-bond acceptors (Lipinski definition) is 5. The summed E-state index contributed by atoms with van der Waals surface area (Å²) in [6.45, 7) is 20.4. The van der Waals surface area contributed by atoms with Crippen molar-refractivity contribution in [3.8, 4) is 0 Å². The minimum Gasteiger partial charge on any atom is -0.394 e. The highest BCUT2D eigenvalue weighted by Crippen LogP contribution is 2.65. The smallest absolute Gasteiger partial charge is 0.248 e. The number of nitrogens with zero attached hydrogens (tertiary/aromatic N) is 3. The summed E-state index contributed by atoms with van der Waals surface area (Å²) in [5.41, 5.74) is -1.98. The topological polar surface area (TPSA) is 90.4 Å². The third-order valence-electron chi connectivity index (χ3n) is 8.71. The molecule has 2 bridgehead atoms. The van der Waals surface area contributed by atoms with Crippen LogP contribution in [0.2, 0.25) is 0 Å². The van der Waals surface area contributed by atoms with E-state index in [-0.39, 0.29) is 36.3 Å². The molecule has 0 aromatic heterocycles. The predicted molar refractivity (Wildman–Crippen MR) is 139 cm³/mol. The quantitative estimate of drug-likeness (QED) is 0.414. The van der Waals surface area contributed by atoms with Gasteiger partial charge in [-0.2, -0.15) is 0 Å². The first kappa shape index (κ1) is 28.4. The van der Waals surface area contributed by atoms with E-state index in [9.17, 15) is 19.5 Å². The van der Waals surface area contributed by atoms with Gasteiger partial charge in [-0.15, -0.1) is 13.2 Å². The first-order valence-electron chi connectivity index (χ1n) is 13.4. The molecular formula is C28H45N3O5. The van der Waals surface area contributed by atoms with Gasteiger partial charge in [0, 0.05) is 25.7 Å². The maximum Gasteiger partial charge on any atom is 0.248 e. The summed E-state index contributed by atoms with van der Waals surface area (Å²) in [6, 6.07) is -1.56. The summed E-state index contributed by atoms with van der Waals surface area (Å²) in [5, 5.41) is 10.2. The Labute approximate surface area is 216 Å². The summed E-state index contributed by atoms with van der Waals surface area (Å²) < 4.78 is 6.81. The molecule has 3 saturated heterocycles. The van der Waals surface area contributed by atoms with E-state index in [1.807, 2.05) is 41.5 Å². The number of carbonyl (C=O) groups is 3. The third-order valence-corrected chi connectivity index (χ3v) is 8.71. The number of likely N-dealkylation sites (tertiary alicyclic amines) is 1. The SMILES string of the molecule is C=CCN(CCC)C(=O)[C@H]1[C@H]2C(=O)N([C@@H](CC)CO)C(C(=O)N(CC=C)C(C)C)C23CC(C)[C@]1(C)O3. The van der Waals surface area contributed by atoms with E-state index >= 15 is 0 Å². The van der Waals surface area contributed by atoms with Gasteiger partial charge in [-0.3, -0.25) is 14.4 Å². The van der Waals surface area contributed by atoms with Gasteiger partial charge in [-0.05, 0) is 46.0 Å². The van der Waals surface area contributed by atoms with E-state index in [2.05, 4.69) is 13.2 Å². The third kappa shape index (κ3) is 4.10. The molecule has 3 heterocycles. The standard InChI is InChI=1S/C28H45N3O5/c1-9-13-29(14-10-2)24(33)21-22-25(34)31(20(12-4)17-32)23(26(35)30(15-11-3)18(5)6)28(22)16-19(7)27(21,8)36-28/h9,11,18-23,32H,1,3,10,12-17H2,2,4-8H3/t19?,20-,21+,22-,23?,27-,28?/m0/s1. The largest absolute Gasteiger partial charge is 0.394 e. The molecule has 3 amide bonds. The lowest BCUT2D eigenvalue weighted by Gasteiger charge is -2.40. The van der Waals surface area contributed by atoms with E-state index in [0.717, 1.165) is 6.42 Å². The average molecular weight is 504 g/mol. The van der Waals surface area contributed by atoms with Crippen LogP contribution in [0.25, 0.3) is 0 Å². The fourth-order valence-electron chi connectivity index (χ4n) is 6.90. The van der Waals surface area contributed by atoms with Crippen LogP contribution in [0.4, 0.5) is 0 Å². The van der Waals surface area contributed by atoms with Gasteiger partial charge in [0.25, 0.3) is 0 Å². The molecule has 3 aliphatic rings. The lowest BCUT2D eigenvalue weighted by atomic mass is 9.62. The molecule has 0 aliphatic carbocycles. The van der Waals surface area contributed by atoms with Gasteiger partial charge in [0.15, 0.2) is 0 Å². The number of fused-ring (bicyclic) bond motifs is 1. The molecule has 8 heteroatoms.